The molecule has 0 amide bonds. The molecule has 0 spiro atoms. The zero-order valence-electron chi connectivity index (χ0n) is 30.0. The average molecular weight is 637 g/mol. The normalized spacial score (nSPS) is 12.6. The largest absolute Gasteiger partial charge is 0.464 e. The molecule has 7 nitrogen and oxygen atoms in total. The molecule has 0 unspecified atom stereocenters. The van der Waals surface area contributed by atoms with Crippen LogP contribution < -0.4 is 17.2 Å². The first-order chi connectivity index (χ1) is 21.9. The molecule has 266 valence electrons. The lowest BCUT2D eigenvalue weighted by Gasteiger charge is -2.26. The van der Waals surface area contributed by atoms with Gasteiger partial charge < -0.3 is 21.9 Å². The summed E-state index contributed by atoms with van der Waals surface area (Å²) in [5, 5.41) is 0. The van der Waals surface area contributed by atoms with E-state index in [9.17, 15) is 9.59 Å². The molecule has 0 aliphatic rings. The summed E-state index contributed by atoms with van der Waals surface area (Å²) in [6.45, 7) is 5.17. The van der Waals surface area contributed by atoms with Gasteiger partial charge in [0.15, 0.2) is 17.3 Å². The Morgan fingerprint density at radius 2 is 0.889 bits per heavy atom. The van der Waals surface area contributed by atoms with Crippen LogP contribution in [0.2, 0.25) is 0 Å². The molecule has 0 rings (SSSR count). The number of nitrogens with two attached hydrogens (primary N) is 3. The second-order valence-electron chi connectivity index (χ2n) is 13.5. The Labute approximate surface area is 279 Å². The summed E-state index contributed by atoms with van der Waals surface area (Å²) in [6, 6.07) is 0. The molecule has 0 aromatic rings. The van der Waals surface area contributed by atoms with E-state index in [1.54, 1.807) is 0 Å². The van der Waals surface area contributed by atoms with Gasteiger partial charge in [0.05, 0.1) is 6.61 Å². The molecule has 1 atom stereocenters. The minimum absolute atomic E-state index is 0.00372. The predicted octanol–water partition coefficient (Wildman–Crippen LogP) is 9.81. The van der Waals surface area contributed by atoms with Gasteiger partial charge in [-0.2, -0.15) is 0 Å². The summed E-state index contributed by atoms with van der Waals surface area (Å²) in [6.07, 6.45) is 34.9. The third-order valence-electron chi connectivity index (χ3n) is 9.12. The van der Waals surface area contributed by atoms with E-state index in [4.69, 9.17) is 21.9 Å². The van der Waals surface area contributed by atoms with E-state index >= 15 is 0 Å². The minimum Gasteiger partial charge on any atom is -0.464 e. The van der Waals surface area contributed by atoms with Crippen LogP contribution in [0.4, 0.5) is 0 Å². The zero-order chi connectivity index (χ0) is 33.3. The Bertz CT molecular complexity index is 711. The van der Waals surface area contributed by atoms with Crippen LogP contribution >= 0.6 is 0 Å². The minimum atomic E-state index is -1.62. The first-order valence-corrected chi connectivity index (χ1v) is 19.4. The van der Waals surface area contributed by atoms with Gasteiger partial charge in [0, 0.05) is 13.0 Å². The number of ether oxygens (including phenoxy) is 1. The maximum Gasteiger partial charge on any atom is 0.333 e. The Morgan fingerprint density at radius 3 is 1.27 bits per heavy atom. The van der Waals surface area contributed by atoms with Gasteiger partial charge in [-0.1, -0.05) is 174 Å². The van der Waals surface area contributed by atoms with Crippen molar-refractivity contribution in [2.75, 3.05) is 13.2 Å². The lowest BCUT2D eigenvalue weighted by Crippen LogP contribution is -2.56. The van der Waals surface area contributed by atoms with Crippen LogP contribution in [0.5, 0.6) is 0 Å². The number of unbranched alkanes of at least 4 members (excludes halogenated alkanes) is 25. The van der Waals surface area contributed by atoms with Crippen molar-refractivity contribution in [2.24, 2.45) is 22.2 Å². The Kier molecular flexibility index (Phi) is 31.1. The molecule has 0 aliphatic heterocycles. The molecule has 0 radical (unpaired) electrons. The molecular weight excluding hydrogens is 560 g/mol. The van der Waals surface area contributed by atoms with Gasteiger partial charge in [0.1, 0.15) is 0 Å². The summed E-state index contributed by atoms with van der Waals surface area (Å²) in [4.78, 5) is 30.2. The van der Waals surface area contributed by atoms with Crippen molar-refractivity contribution in [3.63, 3.8) is 0 Å². The molecule has 0 saturated carbocycles. The van der Waals surface area contributed by atoms with E-state index in [-0.39, 0.29) is 18.2 Å². The number of nitrogens with zero attached hydrogens (tertiary/aromatic N) is 1. The Hall–Kier alpha value is -1.63. The summed E-state index contributed by atoms with van der Waals surface area (Å²) in [5.74, 6) is -0.822. The number of carbonyl (C=O) groups excluding carboxylic acids is 2. The van der Waals surface area contributed by atoms with Gasteiger partial charge in [0.25, 0.3) is 0 Å². The number of guanidine groups is 1. The fourth-order valence-electron chi connectivity index (χ4n) is 6.04. The van der Waals surface area contributed by atoms with Gasteiger partial charge in [-0.25, -0.2) is 4.79 Å². The van der Waals surface area contributed by atoms with E-state index < -0.39 is 11.5 Å². The second-order valence-corrected chi connectivity index (χ2v) is 13.5. The molecule has 0 aromatic heterocycles. The molecule has 45 heavy (non-hydrogen) atoms. The second kappa shape index (κ2) is 32.3. The van der Waals surface area contributed by atoms with Crippen LogP contribution in [0.3, 0.4) is 0 Å². The van der Waals surface area contributed by atoms with Crippen molar-refractivity contribution in [1.82, 2.24) is 0 Å². The predicted molar refractivity (Wildman–Crippen MR) is 193 cm³/mol. The lowest BCUT2D eigenvalue weighted by molar-refractivity contribution is -0.154. The topological polar surface area (TPSA) is 134 Å². The highest BCUT2D eigenvalue weighted by molar-refractivity contribution is 6.08. The highest BCUT2D eigenvalue weighted by Gasteiger charge is 2.42. The molecular formula is C38H76N4O3. The van der Waals surface area contributed by atoms with E-state index in [1.807, 2.05) is 0 Å². The van der Waals surface area contributed by atoms with Crippen molar-refractivity contribution in [3.8, 4) is 0 Å². The number of ketones is 1. The van der Waals surface area contributed by atoms with Crippen molar-refractivity contribution in [1.29, 1.82) is 0 Å². The third-order valence-corrected chi connectivity index (χ3v) is 9.12. The summed E-state index contributed by atoms with van der Waals surface area (Å²) >= 11 is 0. The number of rotatable bonds is 35. The summed E-state index contributed by atoms with van der Waals surface area (Å²) in [5.41, 5.74) is 15.7. The fourth-order valence-corrected chi connectivity index (χ4v) is 6.04. The molecule has 0 aromatic carbocycles. The molecule has 0 saturated heterocycles. The Morgan fingerprint density at radius 1 is 0.533 bits per heavy atom. The number of carbonyl (C=O) groups is 2. The SMILES string of the molecule is CCCCCCCCCCCCCCCCCCOC(=O)[C@@](N)(CCCN=C(N)N)C(=O)CCCCCCCCCCCCC. The molecule has 6 N–H and O–H groups in total. The maximum absolute atomic E-state index is 13.2. The van der Waals surface area contributed by atoms with Crippen molar-refractivity contribution >= 4 is 17.7 Å². The average Bonchev–Trinajstić information content (AvgIpc) is 3.02. The Balaban J connectivity index is 4.14. The van der Waals surface area contributed by atoms with Crippen molar-refractivity contribution < 1.29 is 14.3 Å². The van der Waals surface area contributed by atoms with Gasteiger partial charge in [0.2, 0.25) is 0 Å². The van der Waals surface area contributed by atoms with E-state index in [1.165, 1.54) is 135 Å². The van der Waals surface area contributed by atoms with E-state index in [0.717, 1.165) is 38.5 Å². The number of Topliss-reactive ketones (excluding diaryl/α,β-unsaturated/α-hetero) is 1. The number of hydrogen-bond acceptors (Lipinski definition) is 5. The molecule has 0 aliphatic carbocycles. The maximum atomic E-state index is 13.2. The fraction of sp³-hybridized carbons (Fsp3) is 0.921. The van der Waals surface area contributed by atoms with Crippen LogP contribution in [-0.4, -0.2) is 36.4 Å². The highest BCUT2D eigenvalue weighted by Crippen LogP contribution is 2.20. The van der Waals surface area contributed by atoms with Gasteiger partial charge in [-0.15, -0.1) is 0 Å². The molecule has 0 heterocycles. The smallest absolute Gasteiger partial charge is 0.333 e. The summed E-state index contributed by atoms with van der Waals surface area (Å²) < 4.78 is 5.56. The molecule has 7 heteroatoms. The number of aliphatic imine (C=N–C) groups is 1. The number of esters is 1. The van der Waals surface area contributed by atoms with Crippen LogP contribution in [0, 0.1) is 0 Å². The van der Waals surface area contributed by atoms with Crippen molar-refractivity contribution in [3.05, 3.63) is 0 Å². The highest BCUT2D eigenvalue weighted by atomic mass is 16.5. The van der Waals surface area contributed by atoms with Crippen LogP contribution in [-0.2, 0) is 14.3 Å². The van der Waals surface area contributed by atoms with Gasteiger partial charge in [-0.3, -0.25) is 9.79 Å². The summed E-state index contributed by atoms with van der Waals surface area (Å²) in [7, 11) is 0. The monoisotopic (exact) mass is 637 g/mol. The van der Waals surface area contributed by atoms with Crippen molar-refractivity contribution in [2.45, 2.75) is 212 Å². The van der Waals surface area contributed by atoms with Gasteiger partial charge >= 0.3 is 5.97 Å². The molecule has 0 bridgehead atoms. The first-order valence-electron chi connectivity index (χ1n) is 19.4. The third kappa shape index (κ3) is 27.2. The van der Waals surface area contributed by atoms with Gasteiger partial charge in [-0.05, 0) is 25.7 Å². The van der Waals surface area contributed by atoms with Crippen LogP contribution in [0.25, 0.3) is 0 Å². The zero-order valence-corrected chi connectivity index (χ0v) is 30.0. The van der Waals surface area contributed by atoms with E-state index in [2.05, 4.69) is 18.8 Å². The number of hydrogen-bond donors (Lipinski definition) is 3. The van der Waals surface area contributed by atoms with E-state index in [0.29, 0.717) is 26.0 Å². The standard InChI is InChI=1S/C38H76N4O3/c1-3-5-7-9-11-13-15-16-17-18-19-21-23-25-27-29-34-45-36(44)38(41,32-30-33-42-37(39)40)35(43)31-28-26-24-22-20-14-12-10-8-6-4-2/h3-34,41H2,1-2H3,(H4,39,40,42)/t38-/m1/s1. The quantitative estimate of drug-likeness (QED) is 0.0208. The lowest BCUT2D eigenvalue weighted by atomic mass is 9.86. The van der Waals surface area contributed by atoms with Crippen LogP contribution in [0.15, 0.2) is 4.99 Å². The first kappa shape index (κ1) is 43.4. The molecule has 0 fully saturated rings. The van der Waals surface area contributed by atoms with Crippen LogP contribution in [0.1, 0.15) is 206 Å².